The van der Waals surface area contributed by atoms with Crippen molar-refractivity contribution < 1.29 is 28.6 Å². The highest BCUT2D eigenvalue weighted by molar-refractivity contribution is 5.71. The number of esters is 3. The van der Waals surface area contributed by atoms with E-state index in [0.717, 1.165) is 96.3 Å². The molecule has 6 heteroatoms. The van der Waals surface area contributed by atoms with Gasteiger partial charge in [-0.2, -0.15) is 0 Å². The quantitative estimate of drug-likeness (QED) is 0.0261. The Morgan fingerprint density at radius 1 is 0.256 bits per heavy atom. The fourth-order valence-corrected chi connectivity index (χ4v) is 10.6. The van der Waals surface area contributed by atoms with Crippen LogP contribution in [0.4, 0.5) is 0 Å². The molecule has 0 aliphatic heterocycles. The van der Waals surface area contributed by atoms with E-state index in [0.29, 0.717) is 19.3 Å². The third kappa shape index (κ3) is 67.6. The molecule has 0 rings (SSSR count). The second-order valence-corrected chi connectivity index (χ2v) is 24.1. The highest BCUT2D eigenvalue weighted by Gasteiger charge is 2.19. The van der Waals surface area contributed by atoms with Crippen molar-refractivity contribution in [3.05, 3.63) is 72.9 Å². The zero-order valence-corrected chi connectivity index (χ0v) is 54.8. The van der Waals surface area contributed by atoms with Gasteiger partial charge in [0.05, 0.1) is 0 Å². The lowest BCUT2D eigenvalue weighted by Gasteiger charge is -2.18. The molecule has 0 fully saturated rings. The first-order chi connectivity index (χ1) is 40.5. The molecule has 0 aromatic rings. The highest BCUT2D eigenvalue weighted by Crippen LogP contribution is 2.18. The Labute approximate surface area is 510 Å². The Morgan fingerprint density at radius 3 is 0.744 bits per heavy atom. The Balaban J connectivity index is 4.24. The Morgan fingerprint density at radius 2 is 0.476 bits per heavy atom. The number of carbonyl (C=O) groups is 3. The van der Waals surface area contributed by atoms with Crippen LogP contribution in [0.3, 0.4) is 0 Å². The molecule has 0 N–H and O–H groups in total. The van der Waals surface area contributed by atoms with Gasteiger partial charge in [0.25, 0.3) is 0 Å². The molecule has 1 atom stereocenters. The van der Waals surface area contributed by atoms with E-state index in [1.165, 1.54) is 238 Å². The van der Waals surface area contributed by atoms with Crippen LogP contribution in [-0.2, 0) is 28.6 Å². The highest BCUT2D eigenvalue weighted by atomic mass is 16.6. The van der Waals surface area contributed by atoms with Gasteiger partial charge in [0.1, 0.15) is 13.2 Å². The predicted molar refractivity (Wildman–Crippen MR) is 358 cm³/mol. The molecule has 82 heavy (non-hydrogen) atoms. The Bertz CT molecular complexity index is 1500. The van der Waals surface area contributed by atoms with Crippen LogP contribution >= 0.6 is 0 Å². The van der Waals surface area contributed by atoms with E-state index in [4.69, 9.17) is 14.2 Å². The molecule has 0 heterocycles. The minimum Gasteiger partial charge on any atom is -0.462 e. The van der Waals surface area contributed by atoms with Crippen LogP contribution in [0.1, 0.15) is 374 Å². The third-order valence-electron chi connectivity index (χ3n) is 16.0. The van der Waals surface area contributed by atoms with Crippen LogP contribution in [0.15, 0.2) is 72.9 Å². The molecule has 0 saturated heterocycles. The van der Waals surface area contributed by atoms with Gasteiger partial charge in [0.15, 0.2) is 6.10 Å². The van der Waals surface area contributed by atoms with Crippen molar-refractivity contribution in [3.63, 3.8) is 0 Å². The fraction of sp³-hybridized carbons (Fsp3) is 0.803. The molecule has 0 bridgehead atoms. The van der Waals surface area contributed by atoms with Gasteiger partial charge in [0.2, 0.25) is 0 Å². The lowest BCUT2D eigenvalue weighted by molar-refractivity contribution is -0.167. The van der Waals surface area contributed by atoms with Crippen LogP contribution in [0, 0.1) is 0 Å². The van der Waals surface area contributed by atoms with Crippen molar-refractivity contribution >= 4 is 17.9 Å². The van der Waals surface area contributed by atoms with E-state index >= 15 is 0 Å². The van der Waals surface area contributed by atoms with Crippen molar-refractivity contribution in [3.8, 4) is 0 Å². The first kappa shape index (κ1) is 78.8. The summed E-state index contributed by atoms with van der Waals surface area (Å²) in [5.74, 6) is -0.844. The van der Waals surface area contributed by atoms with Gasteiger partial charge in [-0.3, -0.25) is 14.4 Å². The number of ether oxygens (including phenoxy) is 3. The van der Waals surface area contributed by atoms with Crippen molar-refractivity contribution in [2.45, 2.75) is 380 Å². The Kier molecular flexibility index (Phi) is 67.6. The minimum atomic E-state index is -0.773. The summed E-state index contributed by atoms with van der Waals surface area (Å²) in [6, 6.07) is 0. The van der Waals surface area contributed by atoms with E-state index in [9.17, 15) is 14.4 Å². The van der Waals surface area contributed by atoms with Gasteiger partial charge < -0.3 is 14.2 Å². The number of allylic oxidation sites excluding steroid dienone is 12. The first-order valence-electron chi connectivity index (χ1n) is 35.9. The maximum Gasteiger partial charge on any atom is 0.306 e. The monoisotopic (exact) mass is 1150 g/mol. The first-order valence-corrected chi connectivity index (χ1v) is 35.9. The second kappa shape index (κ2) is 70.3. The van der Waals surface area contributed by atoms with Crippen LogP contribution in [0.25, 0.3) is 0 Å². The Hall–Kier alpha value is -3.15. The van der Waals surface area contributed by atoms with Crippen LogP contribution in [-0.4, -0.2) is 37.2 Å². The number of hydrogen-bond acceptors (Lipinski definition) is 6. The molecular formula is C76H136O6. The third-order valence-corrected chi connectivity index (χ3v) is 16.0. The summed E-state index contributed by atoms with van der Waals surface area (Å²) in [4.78, 5) is 38.5. The van der Waals surface area contributed by atoms with E-state index in [1.54, 1.807) is 0 Å². The van der Waals surface area contributed by atoms with Crippen LogP contribution in [0.2, 0.25) is 0 Å². The van der Waals surface area contributed by atoms with E-state index in [-0.39, 0.29) is 31.1 Å². The van der Waals surface area contributed by atoms with Crippen LogP contribution < -0.4 is 0 Å². The van der Waals surface area contributed by atoms with Gasteiger partial charge in [-0.1, -0.05) is 357 Å². The summed E-state index contributed by atoms with van der Waals surface area (Å²) in [7, 11) is 0. The molecule has 0 aliphatic carbocycles. The number of rotatable bonds is 66. The van der Waals surface area contributed by atoms with Crippen molar-refractivity contribution in [1.82, 2.24) is 0 Å². The lowest BCUT2D eigenvalue weighted by Crippen LogP contribution is -2.30. The number of hydrogen-bond donors (Lipinski definition) is 0. The van der Waals surface area contributed by atoms with Crippen molar-refractivity contribution in [1.29, 1.82) is 0 Å². The average Bonchev–Trinajstić information content (AvgIpc) is 3.48. The fourth-order valence-electron chi connectivity index (χ4n) is 10.6. The van der Waals surface area contributed by atoms with Crippen LogP contribution in [0.5, 0.6) is 0 Å². The van der Waals surface area contributed by atoms with E-state index in [1.807, 2.05) is 0 Å². The molecule has 0 spiro atoms. The molecule has 0 aromatic heterocycles. The predicted octanol–water partition coefficient (Wildman–Crippen LogP) is 24.8. The summed E-state index contributed by atoms with van der Waals surface area (Å²) < 4.78 is 17.0. The minimum absolute atomic E-state index is 0.0686. The molecule has 0 radical (unpaired) electrons. The van der Waals surface area contributed by atoms with Gasteiger partial charge in [-0.25, -0.2) is 0 Å². The smallest absolute Gasteiger partial charge is 0.306 e. The molecule has 1 unspecified atom stereocenters. The topological polar surface area (TPSA) is 78.9 Å². The normalized spacial score (nSPS) is 12.5. The standard InChI is InChI=1S/C76H136O6/c1-4-7-10-13-16-19-22-25-28-31-32-33-34-35-36-37-38-39-40-41-42-43-44-46-48-51-54-57-60-63-66-69-75(78)81-72-73(71-80-74(77)68-65-62-59-56-53-50-47-30-27-24-21-18-15-12-9-6-3)82-76(79)70-67-64-61-58-55-52-49-45-29-26-23-20-17-14-11-8-5-2/h7,10,16,19,25,28,32-33,35-36,38-39,73H,4-6,8-9,11-15,17-18,20-24,26-27,29-31,34,37,40-72H2,1-3H3/b10-7-,19-16-,28-25-,33-32-,36-35-,39-38-. The number of unbranched alkanes of at least 4 members (excludes halogenated alkanes) is 43. The average molecular weight is 1150 g/mol. The van der Waals surface area contributed by atoms with Crippen molar-refractivity contribution in [2.24, 2.45) is 0 Å². The largest absolute Gasteiger partial charge is 0.462 e. The zero-order chi connectivity index (χ0) is 59.2. The van der Waals surface area contributed by atoms with E-state index in [2.05, 4.69) is 93.7 Å². The zero-order valence-electron chi connectivity index (χ0n) is 54.8. The molecule has 0 aromatic carbocycles. The second-order valence-electron chi connectivity index (χ2n) is 24.1. The van der Waals surface area contributed by atoms with E-state index < -0.39 is 6.10 Å². The maximum absolute atomic E-state index is 12.9. The van der Waals surface area contributed by atoms with Gasteiger partial charge in [0, 0.05) is 19.3 Å². The summed E-state index contributed by atoms with van der Waals surface area (Å²) in [6.45, 7) is 6.59. The molecule has 476 valence electrons. The summed E-state index contributed by atoms with van der Waals surface area (Å²) in [5, 5.41) is 0. The molecule has 6 nitrogen and oxygen atoms in total. The summed E-state index contributed by atoms with van der Waals surface area (Å²) >= 11 is 0. The summed E-state index contributed by atoms with van der Waals surface area (Å²) in [5.41, 5.74) is 0. The van der Waals surface area contributed by atoms with Gasteiger partial charge in [-0.05, 0) is 70.6 Å². The molecule has 0 amide bonds. The summed E-state index contributed by atoms with van der Waals surface area (Å²) in [6.07, 6.45) is 92.1. The van der Waals surface area contributed by atoms with Gasteiger partial charge in [-0.15, -0.1) is 0 Å². The maximum atomic E-state index is 12.9. The molecule has 0 aliphatic rings. The molecular weight excluding hydrogens is 1010 g/mol. The van der Waals surface area contributed by atoms with Gasteiger partial charge >= 0.3 is 17.9 Å². The number of carbonyl (C=O) groups excluding carboxylic acids is 3. The van der Waals surface area contributed by atoms with Crippen molar-refractivity contribution in [2.75, 3.05) is 13.2 Å². The SMILES string of the molecule is CC/C=C\C/C=C\C/C=C\C/C=C\C/C=C\C/C=C\CCCCCCCCCCCCCCC(=O)OCC(COC(=O)CCCCCCCCCCCCCCCCCC)OC(=O)CCCCCCCCCCCCCCCCCCC. The lowest BCUT2D eigenvalue weighted by atomic mass is 10.0. The molecule has 0 saturated carbocycles.